The van der Waals surface area contributed by atoms with Crippen LogP contribution < -0.4 is 0 Å². The minimum Gasteiger partial charge on any atom is -0.370 e. The summed E-state index contributed by atoms with van der Waals surface area (Å²) >= 11 is 0. The van der Waals surface area contributed by atoms with Gasteiger partial charge in [0.05, 0.1) is 12.2 Å². The van der Waals surface area contributed by atoms with Gasteiger partial charge in [-0.05, 0) is 57.3 Å². The number of hydrogen-bond acceptors (Lipinski definition) is 1. The lowest BCUT2D eigenvalue weighted by Crippen LogP contribution is -2.37. The molecule has 98 valence electrons. The molecule has 0 aromatic carbocycles. The van der Waals surface area contributed by atoms with E-state index in [0.29, 0.717) is 0 Å². The number of rotatable bonds is 1. The number of hydrogen-bond donors (Lipinski definition) is 0. The highest BCUT2D eigenvalue weighted by Crippen LogP contribution is 2.51. The van der Waals surface area contributed by atoms with Crippen molar-refractivity contribution in [2.45, 2.75) is 65.4 Å². The van der Waals surface area contributed by atoms with E-state index in [0.717, 1.165) is 24.4 Å². The lowest BCUT2D eigenvalue weighted by Gasteiger charge is -2.41. The van der Waals surface area contributed by atoms with E-state index in [4.69, 9.17) is 4.74 Å². The van der Waals surface area contributed by atoms with Crippen molar-refractivity contribution in [3.8, 4) is 0 Å². The van der Waals surface area contributed by atoms with E-state index in [9.17, 15) is 0 Å². The molecule has 0 amide bonds. The van der Waals surface area contributed by atoms with E-state index in [-0.39, 0.29) is 5.60 Å². The summed E-state index contributed by atoms with van der Waals surface area (Å²) in [6.07, 6.45) is 9.62. The lowest BCUT2D eigenvalue weighted by molar-refractivity contribution is 0.0993. The van der Waals surface area contributed by atoms with Crippen molar-refractivity contribution < 1.29 is 4.74 Å². The van der Waals surface area contributed by atoms with Crippen LogP contribution in [-0.2, 0) is 4.74 Å². The van der Waals surface area contributed by atoms with Crippen LogP contribution in [-0.4, -0.2) is 12.2 Å². The van der Waals surface area contributed by atoms with Crippen molar-refractivity contribution in [3.05, 3.63) is 11.6 Å². The number of allylic oxidation sites excluding steroid dienone is 2. The fraction of sp³-hybridized carbons (Fsp3) is 0.875. The fourth-order valence-corrected chi connectivity index (χ4v) is 3.77. The number of epoxide rings is 1. The van der Waals surface area contributed by atoms with Crippen LogP contribution in [0.25, 0.3) is 0 Å². The summed E-state index contributed by atoms with van der Waals surface area (Å²) in [7, 11) is 0. The van der Waals surface area contributed by atoms with E-state index in [2.05, 4.69) is 19.9 Å². The zero-order valence-corrected chi connectivity index (χ0v) is 12.0. The summed E-state index contributed by atoms with van der Waals surface area (Å²) in [6.45, 7) is 9.63. The molecule has 4 atom stereocenters. The van der Waals surface area contributed by atoms with Crippen LogP contribution >= 0.6 is 0 Å². The second-order valence-electron chi connectivity index (χ2n) is 6.03. The van der Waals surface area contributed by atoms with Gasteiger partial charge in [-0.15, -0.1) is 0 Å². The van der Waals surface area contributed by atoms with E-state index >= 15 is 0 Å². The van der Waals surface area contributed by atoms with Crippen LogP contribution in [0.5, 0.6) is 0 Å². The Morgan fingerprint density at radius 2 is 1.94 bits per heavy atom. The number of fused-ring (bicyclic) bond motifs is 1. The van der Waals surface area contributed by atoms with E-state index in [1.807, 2.05) is 13.8 Å². The summed E-state index contributed by atoms with van der Waals surface area (Å²) in [4.78, 5) is 0. The molecule has 1 heterocycles. The second kappa shape index (κ2) is 5.14. The maximum Gasteiger partial charge on any atom is 0.0922 e. The van der Waals surface area contributed by atoms with Crippen molar-refractivity contribution in [3.63, 3.8) is 0 Å². The highest BCUT2D eigenvalue weighted by Gasteiger charge is 2.52. The molecule has 1 aliphatic heterocycles. The molecule has 0 aromatic rings. The topological polar surface area (TPSA) is 12.5 Å². The molecule has 0 bridgehead atoms. The first-order valence-electron chi connectivity index (χ1n) is 7.50. The third-order valence-corrected chi connectivity index (χ3v) is 4.87. The van der Waals surface area contributed by atoms with Gasteiger partial charge in [0.2, 0.25) is 0 Å². The van der Waals surface area contributed by atoms with Crippen LogP contribution in [0, 0.1) is 17.8 Å². The summed E-state index contributed by atoms with van der Waals surface area (Å²) in [5.74, 6) is 2.61. The average Bonchev–Trinajstić information content (AvgIpc) is 3.10. The zero-order chi connectivity index (χ0) is 12.5. The molecule has 1 nitrogen and oxygen atoms in total. The summed E-state index contributed by atoms with van der Waals surface area (Å²) in [6, 6.07) is 0. The molecule has 1 saturated carbocycles. The van der Waals surface area contributed by atoms with Crippen molar-refractivity contribution in [2.75, 3.05) is 6.61 Å². The minimum absolute atomic E-state index is 0.247. The van der Waals surface area contributed by atoms with Crippen LogP contribution in [0.3, 0.4) is 0 Å². The van der Waals surface area contributed by atoms with Crippen molar-refractivity contribution in [2.24, 2.45) is 17.8 Å². The van der Waals surface area contributed by atoms with E-state index < -0.39 is 0 Å². The first-order chi connectivity index (χ1) is 8.19. The van der Waals surface area contributed by atoms with Gasteiger partial charge in [0.15, 0.2) is 0 Å². The molecule has 3 aliphatic rings. The Labute approximate surface area is 107 Å². The molecule has 3 rings (SSSR count). The molecule has 2 aliphatic carbocycles. The maximum atomic E-state index is 5.69. The van der Waals surface area contributed by atoms with Gasteiger partial charge in [0, 0.05) is 0 Å². The third kappa shape index (κ3) is 2.59. The summed E-state index contributed by atoms with van der Waals surface area (Å²) in [5.41, 5.74) is 1.87. The van der Waals surface area contributed by atoms with Crippen LogP contribution in [0.1, 0.15) is 59.8 Å². The highest BCUT2D eigenvalue weighted by atomic mass is 16.6. The molecular formula is C16H28O. The molecule has 0 spiro atoms. The zero-order valence-electron chi connectivity index (χ0n) is 12.0. The summed E-state index contributed by atoms with van der Waals surface area (Å²) in [5, 5.41) is 0. The first kappa shape index (κ1) is 13.1. The number of ether oxygens (including phenoxy) is 1. The van der Waals surface area contributed by atoms with Gasteiger partial charge >= 0.3 is 0 Å². The minimum atomic E-state index is 0.247. The standard InChI is InChI=1S/C14H22O.C2H6/c1-10-6-7-11-4-3-5-13(12(11)8-10)14(2)9-15-14;1-2/h8,11-13H,3-7,9H2,1-2H3;1-2H3/t11?,12?,13-,14?;/m1./s1. The Balaban J connectivity index is 0.000000514. The van der Waals surface area contributed by atoms with Gasteiger partial charge < -0.3 is 4.74 Å². The normalized spacial score (nSPS) is 44.0. The van der Waals surface area contributed by atoms with Gasteiger partial charge in [-0.1, -0.05) is 31.9 Å². The largest absolute Gasteiger partial charge is 0.370 e. The first-order valence-corrected chi connectivity index (χ1v) is 7.50. The molecule has 0 radical (unpaired) electrons. The Morgan fingerprint density at radius 1 is 1.24 bits per heavy atom. The summed E-state index contributed by atoms with van der Waals surface area (Å²) < 4.78 is 5.69. The maximum absolute atomic E-state index is 5.69. The van der Waals surface area contributed by atoms with Gasteiger partial charge in [-0.3, -0.25) is 0 Å². The second-order valence-corrected chi connectivity index (χ2v) is 6.03. The third-order valence-electron chi connectivity index (χ3n) is 4.87. The van der Waals surface area contributed by atoms with Gasteiger partial charge in [-0.25, -0.2) is 0 Å². The Hall–Kier alpha value is -0.300. The van der Waals surface area contributed by atoms with Crippen molar-refractivity contribution in [1.82, 2.24) is 0 Å². The molecular weight excluding hydrogens is 208 g/mol. The Morgan fingerprint density at radius 3 is 2.59 bits per heavy atom. The molecule has 0 aromatic heterocycles. The Kier molecular flexibility index (Phi) is 3.97. The van der Waals surface area contributed by atoms with Crippen molar-refractivity contribution in [1.29, 1.82) is 0 Å². The molecule has 3 unspecified atom stereocenters. The highest BCUT2D eigenvalue weighted by molar-refractivity contribution is 5.13. The average molecular weight is 236 g/mol. The van der Waals surface area contributed by atoms with Gasteiger partial charge in [0.25, 0.3) is 0 Å². The predicted octanol–water partition coefficient (Wildman–Crippen LogP) is 4.57. The van der Waals surface area contributed by atoms with Crippen LogP contribution in [0.2, 0.25) is 0 Å². The Bertz CT molecular complexity index is 288. The van der Waals surface area contributed by atoms with Crippen LogP contribution in [0.15, 0.2) is 11.6 Å². The van der Waals surface area contributed by atoms with E-state index in [1.165, 1.54) is 32.1 Å². The quantitative estimate of drug-likeness (QED) is 0.480. The van der Waals surface area contributed by atoms with Gasteiger partial charge in [-0.2, -0.15) is 0 Å². The molecule has 2 fully saturated rings. The fourth-order valence-electron chi connectivity index (χ4n) is 3.77. The molecule has 0 N–H and O–H groups in total. The van der Waals surface area contributed by atoms with Crippen molar-refractivity contribution >= 4 is 0 Å². The SMILES string of the molecule is CC.CC1=CC2C(CCC[C@H]2C2(C)CO2)CC1. The smallest absolute Gasteiger partial charge is 0.0922 e. The molecule has 17 heavy (non-hydrogen) atoms. The monoisotopic (exact) mass is 236 g/mol. The molecule has 1 heteroatoms. The molecule has 1 saturated heterocycles. The van der Waals surface area contributed by atoms with Crippen LogP contribution in [0.4, 0.5) is 0 Å². The van der Waals surface area contributed by atoms with E-state index in [1.54, 1.807) is 5.57 Å². The lowest BCUT2D eigenvalue weighted by atomic mass is 9.63. The van der Waals surface area contributed by atoms with Gasteiger partial charge in [0.1, 0.15) is 0 Å². The predicted molar refractivity (Wildman–Crippen MR) is 73.0 cm³/mol.